The van der Waals surface area contributed by atoms with Crippen molar-refractivity contribution >= 4 is 18.4 Å². The van der Waals surface area contributed by atoms with E-state index in [9.17, 15) is 0 Å². The molecule has 134 valence electrons. The molecule has 1 aromatic carbocycles. The van der Waals surface area contributed by atoms with Crippen LogP contribution in [0.5, 0.6) is 5.75 Å². The van der Waals surface area contributed by atoms with Crippen LogP contribution in [0.3, 0.4) is 0 Å². The maximum absolute atomic E-state index is 5.84. The van der Waals surface area contributed by atoms with Crippen LogP contribution in [-0.4, -0.2) is 26.7 Å². The third-order valence-corrected chi connectivity index (χ3v) is 4.54. The minimum atomic E-state index is -0.200. The largest absolute Gasteiger partial charge is 0.488 e. The Morgan fingerprint density at radius 3 is 2.52 bits per heavy atom. The number of nitrogens with zero attached hydrogens (tertiary/aromatic N) is 3. The van der Waals surface area contributed by atoms with E-state index in [1.807, 2.05) is 51.3 Å². The Morgan fingerprint density at radius 1 is 1.20 bits per heavy atom. The van der Waals surface area contributed by atoms with Crippen molar-refractivity contribution < 1.29 is 4.74 Å². The fourth-order valence-corrected chi connectivity index (χ4v) is 3.33. The maximum Gasteiger partial charge on any atom is 0.216 e. The number of aromatic nitrogens is 3. The molecule has 0 bridgehead atoms. The molecule has 3 rings (SSSR count). The van der Waals surface area contributed by atoms with E-state index in [1.165, 1.54) is 19.3 Å². The Kier molecular flexibility index (Phi) is 5.37. The topological polar surface area (TPSA) is 55.2 Å². The van der Waals surface area contributed by atoms with Crippen molar-refractivity contribution in [3.05, 3.63) is 40.4 Å². The van der Waals surface area contributed by atoms with Gasteiger partial charge in [-0.25, -0.2) is 0 Å². The number of hydrogen-bond acceptors (Lipinski definition) is 4. The number of nitrogens with one attached hydrogen (secondary N) is 1. The quantitative estimate of drug-likeness (QED) is 0.615. The van der Waals surface area contributed by atoms with Crippen LogP contribution in [0.25, 0.3) is 0 Å². The molecule has 0 radical (unpaired) electrons. The van der Waals surface area contributed by atoms with Crippen LogP contribution >= 0.6 is 12.2 Å². The van der Waals surface area contributed by atoms with Crippen LogP contribution in [-0.2, 0) is 0 Å². The number of benzene rings is 1. The average molecular weight is 359 g/mol. The molecule has 0 unspecified atom stereocenters. The molecule has 1 aliphatic rings. The molecule has 1 aromatic heterocycles. The first-order chi connectivity index (χ1) is 11.9. The van der Waals surface area contributed by atoms with E-state index in [1.54, 1.807) is 4.68 Å². The highest BCUT2D eigenvalue weighted by atomic mass is 32.1. The van der Waals surface area contributed by atoms with Gasteiger partial charge in [0.25, 0.3) is 0 Å². The maximum atomic E-state index is 5.84. The summed E-state index contributed by atoms with van der Waals surface area (Å²) in [5.74, 6) is 2.25. The third kappa shape index (κ3) is 4.78. The van der Waals surface area contributed by atoms with Gasteiger partial charge in [-0.15, -0.1) is 0 Å². The van der Waals surface area contributed by atoms with Crippen molar-refractivity contribution in [2.45, 2.75) is 64.4 Å². The lowest BCUT2D eigenvalue weighted by Crippen LogP contribution is -2.22. The van der Waals surface area contributed by atoms with Gasteiger partial charge in [-0.1, -0.05) is 19.3 Å². The summed E-state index contributed by atoms with van der Waals surface area (Å²) < 4.78 is 8.16. The fraction of sp³-hybridized carbons (Fsp3) is 0.526. The van der Waals surface area contributed by atoms with E-state index in [4.69, 9.17) is 17.0 Å². The molecule has 0 atom stereocenters. The summed E-state index contributed by atoms with van der Waals surface area (Å²) in [6.45, 7) is 6.11. The summed E-state index contributed by atoms with van der Waals surface area (Å²) >= 11 is 5.35. The highest BCUT2D eigenvalue weighted by Crippen LogP contribution is 2.31. The molecule has 1 aliphatic carbocycles. The summed E-state index contributed by atoms with van der Waals surface area (Å²) in [4.78, 5) is 0. The number of aromatic amines is 1. The van der Waals surface area contributed by atoms with Gasteiger partial charge in [0, 0.05) is 5.92 Å². The van der Waals surface area contributed by atoms with Crippen LogP contribution < -0.4 is 4.74 Å². The van der Waals surface area contributed by atoms with Crippen molar-refractivity contribution in [2.75, 3.05) is 0 Å². The Balaban J connectivity index is 1.76. The second-order valence-corrected chi connectivity index (χ2v) is 7.95. The van der Waals surface area contributed by atoms with Crippen molar-refractivity contribution in [1.29, 1.82) is 0 Å². The van der Waals surface area contributed by atoms with E-state index in [2.05, 4.69) is 15.3 Å². The van der Waals surface area contributed by atoms with Crippen molar-refractivity contribution in [1.82, 2.24) is 14.9 Å². The molecule has 0 aliphatic heterocycles. The zero-order chi connectivity index (χ0) is 17.9. The summed E-state index contributed by atoms with van der Waals surface area (Å²) in [7, 11) is 0. The van der Waals surface area contributed by atoms with Gasteiger partial charge in [-0.05, 0) is 75.7 Å². The molecule has 1 N–H and O–H groups in total. The monoisotopic (exact) mass is 358 g/mol. The van der Waals surface area contributed by atoms with E-state index in [-0.39, 0.29) is 5.60 Å². The zero-order valence-electron chi connectivity index (χ0n) is 15.2. The lowest BCUT2D eigenvalue weighted by molar-refractivity contribution is 0.131. The summed E-state index contributed by atoms with van der Waals surface area (Å²) in [5.41, 5.74) is 0.799. The van der Waals surface area contributed by atoms with Crippen LogP contribution in [0.2, 0.25) is 0 Å². The normalized spacial score (nSPS) is 16.4. The SMILES string of the molecule is CC(C)(C)Oc1ccc(/C=N\n2c(C3CCCCC3)n[nH]c2=S)cc1. The van der Waals surface area contributed by atoms with Crippen LogP contribution in [0.1, 0.15) is 70.2 Å². The smallest absolute Gasteiger partial charge is 0.216 e. The zero-order valence-corrected chi connectivity index (χ0v) is 16.0. The molecule has 0 spiro atoms. The first-order valence-corrected chi connectivity index (χ1v) is 9.34. The first-order valence-electron chi connectivity index (χ1n) is 8.93. The Hall–Kier alpha value is -1.95. The van der Waals surface area contributed by atoms with Crippen molar-refractivity contribution in [2.24, 2.45) is 5.10 Å². The Bertz CT molecular complexity index is 777. The molecule has 6 heteroatoms. The fourth-order valence-electron chi connectivity index (χ4n) is 3.14. The van der Waals surface area contributed by atoms with Gasteiger partial charge >= 0.3 is 0 Å². The van der Waals surface area contributed by atoms with Crippen molar-refractivity contribution in [3.8, 4) is 5.75 Å². The third-order valence-electron chi connectivity index (χ3n) is 4.27. The average Bonchev–Trinajstić information content (AvgIpc) is 2.94. The summed E-state index contributed by atoms with van der Waals surface area (Å²) in [6.07, 6.45) is 7.96. The predicted octanol–water partition coefficient (Wildman–Crippen LogP) is 5.05. The highest BCUT2D eigenvalue weighted by Gasteiger charge is 2.21. The minimum Gasteiger partial charge on any atom is -0.488 e. The lowest BCUT2D eigenvalue weighted by atomic mass is 9.89. The highest BCUT2D eigenvalue weighted by molar-refractivity contribution is 7.71. The second-order valence-electron chi connectivity index (χ2n) is 7.56. The summed E-state index contributed by atoms with van der Waals surface area (Å²) in [5, 5.41) is 11.9. The summed E-state index contributed by atoms with van der Waals surface area (Å²) in [6, 6.07) is 7.91. The molecule has 0 amide bonds. The molecule has 25 heavy (non-hydrogen) atoms. The van der Waals surface area contributed by atoms with Crippen molar-refractivity contribution in [3.63, 3.8) is 0 Å². The van der Waals surface area contributed by atoms with Gasteiger partial charge in [0.15, 0.2) is 5.82 Å². The number of H-pyrrole nitrogens is 1. The van der Waals surface area contributed by atoms with E-state index < -0.39 is 0 Å². The van der Waals surface area contributed by atoms with E-state index in [0.717, 1.165) is 30.0 Å². The van der Waals surface area contributed by atoms with Crippen LogP contribution in [0.15, 0.2) is 29.4 Å². The van der Waals surface area contributed by atoms with Gasteiger partial charge < -0.3 is 4.74 Å². The molecular weight excluding hydrogens is 332 g/mol. The molecular formula is C19H26N4OS. The molecule has 0 saturated heterocycles. The standard InChI is InChI=1S/C19H26N4OS/c1-19(2,3)24-16-11-9-14(10-12-16)13-20-23-17(21-22-18(23)25)15-7-5-4-6-8-15/h9-13,15H,4-8H2,1-3H3,(H,22,25)/b20-13-. The van der Waals surface area contributed by atoms with Crippen LogP contribution in [0.4, 0.5) is 0 Å². The van der Waals surface area contributed by atoms with Gasteiger partial charge in [-0.2, -0.15) is 14.9 Å². The second kappa shape index (κ2) is 7.52. The number of hydrogen-bond donors (Lipinski definition) is 1. The minimum absolute atomic E-state index is 0.200. The first kappa shape index (κ1) is 17.9. The van der Waals surface area contributed by atoms with Gasteiger partial charge in [0.1, 0.15) is 11.4 Å². The number of ether oxygens (including phenoxy) is 1. The molecule has 1 fully saturated rings. The molecule has 1 saturated carbocycles. The molecule has 5 nitrogen and oxygen atoms in total. The number of rotatable bonds is 4. The predicted molar refractivity (Wildman–Crippen MR) is 103 cm³/mol. The van der Waals surface area contributed by atoms with Gasteiger partial charge in [-0.3, -0.25) is 5.10 Å². The Morgan fingerprint density at radius 2 is 1.88 bits per heavy atom. The molecule has 1 heterocycles. The van der Waals surface area contributed by atoms with Gasteiger partial charge in [0.05, 0.1) is 6.21 Å². The van der Waals surface area contributed by atoms with Gasteiger partial charge in [0.2, 0.25) is 4.77 Å². The van der Waals surface area contributed by atoms with E-state index >= 15 is 0 Å². The molecule has 2 aromatic rings. The van der Waals surface area contributed by atoms with E-state index in [0.29, 0.717) is 10.7 Å². The lowest BCUT2D eigenvalue weighted by Gasteiger charge is -2.21. The Labute approximate surface area is 154 Å². The van der Waals surface area contributed by atoms with Crippen LogP contribution in [0, 0.1) is 4.77 Å².